The molecule has 2 rings (SSSR count). The second-order valence-corrected chi connectivity index (χ2v) is 7.39. The van der Waals surface area contributed by atoms with Gasteiger partial charge in [-0.25, -0.2) is 8.42 Å². The summed E-state index contributed by atoms with van der Waals surface area (Å²) in [5.74, 6) is -1.07. The van der Waals surface area contributed by atoms with E-state index >= 15 is 0 Å². The molecule has 0 bridgehead atoms. The summed E-state index contributed by atoms with van der Waals surface area (Å²) in [7, 11) is -3.40. The van der Waals surface area contributed by atoms with Gasteiger partial charge in [0, 0.05) is 18.0 Å². The monoisotopic (exact) mass is 338 g/mol. The molecule has 0 unspecified atom stereocenters. The Morgan fingerprint density at radius 1 is 1.17 bits per heavy atom. The molecule has 1 aromatic carbocycles. The summed E-state index contributed by atoms with van der Waals surface area (Å²) < 4.78 is 23.6. The van der Waals surface area contributed by atoms with Crippen LogP contribution in [0.5, 0.6) is 0 Å². The first-order valence-corrected chi connectivity index (χ1v) is 8.81. The minimum absolute atomic E-state index is 0.0508. The van der Waals surface area contributed by atoms with Crippen LogP contribution in [0.4, 0.5) is 5.69 Å². The Kier molecular flexibility index (Phi) is 4.58. The number of carbonyl (C=O) groups excluding carboxylic acids is 2. The van der Waals surface area contributed by atoms with Gasteiger partial charge in [-0.05, 0) is 31.0 Å². The van der Waals surface area contributed by atoms with Crippen LogP contribution >= 0.6 is 0 Å². The van der Waals surface area contributed by atoms with Crippen LogP contribution in [0.1, 0.15) is 11.1 Å². The minimum atomic E-state index is -3.40. The molecular weight excluding hydrogens is 320 g/mol. The van der Waals surface area contributed by atoms with Crippen LogP contribution < -0.4 is 5.32 Å². The van der Waals surface area contributed by atoms with Crippen LogP contribution in [0, 0.1) is 13.8 Å². The highest BCUT2D eigenvalue weighted by Crippen LogP contribution is 2.26. The van der Waals surface area contributed by atoms with E-state index < -0.39 is 21.7 Å². The van der Waals surface area contributed by atoms with Crippen molar-refractivity contribution in [3.63, 3.8) is 0 Å². The maximum absolute atomic E-state index is 12.1. The fourth-order valence-corrected chi connectivity index (χ4v) is 3.40. The number of nitrogens with one attached hydrogen (secondary N) is 1. The van der Waals surface area contributed by atoms with Gasteiger partial charge in [0.25, 0.3) is 11.8 Å². The fourth-order valence-electron chi connectivity index (χ4n) is 2.42. The van der Waals surface area contributed by atoms with Gasteiger partial charge in [-0.1, -0.05) is 6.07 Å². The van der Waals surface area contributed by atoms with Crippen molar-refractivity contribution in [2.45, 2.75) is 18.7 Å². The highest BCUT2D eigenvalue weighted by Gasteiger charge is 2.31. The molecule has 7 nitrogen and oxygen atoms in total. The Hall–Kier alpha value is -2.19. The molecule has 2 N–H and O–H groups in total. The first-order valence-electron chi connectivity index (χ1n) is 6.92. The third kappa shape index (κ3) is 3.43. The molecule has 0 saturated heterocycles. The Labute approximate surface area is 134 Å². The number of aliphatic hydroxyl groups excluding tert-OH is 1. The summed E-state index contributed by atoms with van der Waals surface area (Å²) in [6.07, 6.45) is 2.25. The van der Waals surface area contributed by atoms with E-state index in [0.29, 0.717) is 11.3 Å². The molecule has 2 amide bonds. The molecule has 1 aliphatic rings. The number of sulfone groups is 1. The molecule has 0 fully saturated rings. The first-order chi connectivity index (χ1) is 10.6. The summed E-state index contributed by atoms with van der Waals surface area (Å²) in [6, 6.07) is 3.15. The molecule has 0 aromatic heterocycles. The standard InChI is InChI=1S/C15H18N2O5S/c1-9-6-10(2)13(23(3,21)22)7-11(9)16-12-8-14(19)17(4-5-18)15(12)20/h6-8,16,18H,4-5H2,1-3H3. The zero-order valence-corrected chi connectivity index (χ0v) is 13.9. The van der Waals surface area contributed by atoms with Crippen molar-refractivity contribution < 1.29 is 23.1 Å². The van der Waals surface area contributed by atoms with Gasteiger partial charge in [-0.2, -0.15) is 0 Å². The van der Waals surface area contributed by atoms with Crippen LogP contribution in [0.3, 0.4) is 0 Å². The lowest BCUT2D eigenvalue weighted by atomic mass is 10.1. The topological polar surface area (TPSA) is 104 Å². The molecule has 1 heterocycles. The number of nitrogens with zero attached hydrogens (tertiary/aromatic N) is 1. The summed E-state index contributed by atoms with van der Waals surface area (Å²) in [5, 5.41) is 11.7. The summed E-state index contributed by atoms with van der Waals surface area (Å²) in [4.78, 5) is 24.9. The zero-order valence-electron chi connectivity index (χ0n) is 13.1. The van der Waals surface area contributed by atoms with E-state index in [1.807, 2.05) is 0 Å². The molecule has 0 spiro atoms. The quantitative estimate of drug-likeness (QED) is 0.752. The maximum Gasteiger partial charge on any atom is 0.277 e. The number of hydrogen-bond donors (Lipinski definition) is 2. The predicted molar refractivity (Wildman–Crippen MR) is 84.5 cm³/mol. The first kappa shape index (κ1) is 17.2. The lowest BCUT2D eigenvalue weighted by molar-refractivity contribution is -0.137. The van der Waals surface area contributed by atoms with Crippen LogP contribution in [-0.4, -0.2) is 49.6 Å². The number of benzene rings is 1. The Morgan fingerprint density at radius 3 is 2.39 bits per heavy atom. The fraction of sp³-hybridized carbons (Fsp3) is 0.333. The van der Waals surface area contributed by atoms with E-state index in [4.69, 9.17) is 5.11 Å². The second kappa shape index (κ2) is 6.13. The average Bonchev–Trinajstić information content (AvgIpc) is 2.68. The van der Waals surface area contributed by atoms with Gasteiger partial charge in [0.1, 0.15) is 5.70 Å². The molecule has 1 aliphatic heterocycles. The van der Waals surface area contributed by atoms with Crippen LogP contribution in [0.2, 0.25) is 0 Å². The van der Waals surface area contributed by atoms with Gasteiger partial charge < -0.3 is 10.4 Å². The van der Waals surface area contributed by atoms with E-state index in [1.54, 1.807) is 19.9 Å². The van der Waals surface area contributed by atoms with Gasteiger partial charge in [0.2, 0.25) is 0 Å². The summed E-state index contributed by atoms with van der Waals surface area (Å²) in [6.45, 7) is 3.07. The van der Waals surface area contributed by atoms with Crippen molar-refractivity contribution in [2.75, 3.05) is 24.7 Å². The molecule has 124 valence electrons. The number of anilines is 1. The molecule has 1 aromatic rings. The number of aliphatic hydroxyl groups is 1. The van der Waals surface area contributed by atoms with Gasteiger partial charge >= 0.3 is 0 Å². The van der Waals surface area contributed by atoms with Gasteiger partial charge in [-0.3, -0.25) is 14.5 Å². The summed E-state index contributed by atoms with van der Waals surface area (Å²) >= 11 is 0. The number of hydrogen-bond acceptors (Lipinski definition) is 6. The smallest absolute Gasteiger partial charge is 0.277 e. The molecule has 0 saturated carbocycles. The SMILES string of the molecule is Cc1cc(C)c(S(C)(=O)=O)cc1NC1=CC(=O)N(CCO)C1=O. The number of β-amino-alcohol motifs (C(OH)–C–C–N with tert-alkyl or cyclic N) is 1. The van der Waals surface area contributed by atoms with E-state index in [-0.39, 0.29) is 23.7 Å². The number of rotatable bonds is 5. The van der Waals surface area contributed by atoms with Gasteiger partial charge in [0.15, 0.2) is 9.84 Å². The molecule has 0 atom stereocenters. The third-order valence-electron chi connectivity index (χ3n) is 3.52. The average molecular weight is 338 g/mol. The van der Waals surface area contributed by atoms with Crippen molar-refractivity contribution in [3.05, 3.63) is 35.0 Å². The van der Waals surface area contributed by atoms with E-state index in [9.17, 15) is 18.0 Å². The highest BCUT2D eigenvalue weighted by atomic mass is 32.2. The largest absolute Gasteiger partial charge is 0.395 e. The van der Waals surface area contributed by atoms with Crippen LogP contribution in [-0.2, 0) is 19.4 Å². The van der Waals surface area contributed by atoms with Gasteiger partial charge in [-0.15, -0.1) is 0 Å². The lowest BCUT2D eigenvalue weighted by Crippen LogP contribution is -2.34. The van der Waals surface area contributed by atoms with Crippen molar-refractivity contribution in [1.29, 1.82) is 0 Å². The molecule has 0 aliphatic carbocycles. The van der Waals surface area contributed by atoms with Crippen molar-refractivity contribution >= 4 is 27.3 Å². The Bertz CT molecular complexity index is 811. The maximum atomic E-state index is 12.1. The normalized spacial score (nSPS) is 15.1. The number of amides is 2. The number of aryl methyl sites for hydroxylation is 2. The zero-order chi connectivity index (χ0) is 17.4. The number of imide groups is 1. The lowest BCUT2D eigenvalue weighted by Gasteiger charge is -2.15. The number of carbonyl (C=O) groups is 2. The van der Waals surface area contributed by atoms with Crippen molar-refractivity contribution in [2.24, 2.45) is 0 Å². The van der Waals surface area contributed by atoms with Crippen LogP contribution in [0.15, 0.2) is 28.8 Å². The molecule has 0 radical (unpaired) electrons. The minimum Gasteiger partial charge on any atom is -0.395 e. The van der Waals surface area contributed by atoms with E-state index in [1.165, 1.54) is 6.07 Å². The molecule has 8 heteroatoms. The van der Waals surface area contributed by atoms with E-state index in [2.05, 4.69) is 5.32 Å². The summed E-state index contributed by atoms with van der Waals surface area (Å²) in [5.41, 5.74) is 1.85. The molecule has 23 heavy (non-hydrogen) atoms. The van der Waals surface area contributed by atoms with Gasteiger partial charge in [0.05, 0.1) is 18.0 Å². The second-order valence-electron chi connectivity index (χ2n) is 5.41. The Morgan fingerprint density at radius 2 is 1.83 bits per heavy atom. The molecular formula is C15H18N2O5S. The third-order valence-corrected chi connectivity index (χ3v) is 4.76. The Balaban J connectivity index is 2.37. The van der Waals surface area contributed by atoms with Crippen molar-refractivity contribution in [1.82, 2.24) is 4.90 Å². The van der Waals surface area contributed by atoms with Crippen molar-refractivity contribution in [3.8, 4) is 0 Å². The van der Waals surface area contributed by atoms with Crippen LogP contribution in [0.25, 0.3) is 0 Å². The van der Waals surface area contributed by atoms with E-state index in [0.717, 1.165) is 22.8 Å². The highest BCUT2D eigenvalue weighted by molar-refractivity contribution is 7.90. The predicted octanol–water partition coefficient (Wildman–Crippen LogP) is 0.364.